The average molecular weight is 510 g/mol. The molecule has 186 valence electrons. The number of pyridine rings is 1. The number of aliphatic hydroxyl groups is 1. The van der Waals surface area contributed by atoms with Gasteiger partial charge in [0.1, 0.15) is 11.5 Å². The number of rotatable bonds is 6. The Morgan fingerprint density at radius 2 is 1.91 bits per heavy atom. The number of aromatic amines is 1. The Balaban J connectivity index is 1.41. The number of sulfonamides is 1. The zero-order valence-corrected chi connectivity index (χ0v) is 18.8. The van der Waals surface area contributed by atoms with Crippen LogP contribution in [0.25, 0.3) is 11.3 Å². The molecule has 14 heteroatoms. The van der Waals surface area contributed by atoms with Gasteiger partial charge in [0.2, 0.25) is 10.0 Å². The van der Waals surface area contributed by atoms with Crippen molar-refractivity contribution >= 4 is 21.7 Å². The molecule has 2 aromatic heterocycles. The van der Waals surface area contributed by atoms with Crippen LogP contribution in [0.4, 0.5) is 19.0 Å². The van der Waals surface area contributed by atoms with E-state index in [-0.39, 0.29) is 35.9 Å². The minimum atomic E-state index is -4.51. The molecule has 3 aromatic rings. The highest BCUT2D eigenvalue weighted by atomic mass is 32.2. The van der Waals surface area contributed by atoms with Gasteiger partial charge >= 0.3 is 6.18 Å². The summed E-state index contributed by atoms with van der Waals surface area (Å²) < 4.78 is 65.3. The van der Waals surface area contributed by atoms with Crippen molar-refractivity contribution in [1.29, 1.82) is 0 Å². The Morgan fingerprint density at radius 1 is 1.20 bits per heavy atom. The summed E-state index contributed by atoms with van der Waals surface area (Å²) >= 11 is 0. The normalized spacial score (nSPS) is 19.4. The van der Waals surface area contributed by atoms with Gasteiger partial charge in [-0.3, -0.25) is 9.89 Å². The Morgan fingerprint density at radius 3 is 2.46 bits per heavy atom. The van der Waals surface area contributed by atoms with E-state index in [1.165, 1.54) is 30.3 Å². The molecule has 35 heavy (non-hydrogen) atoms. The van der Waals surface area contributed by atoms with Crippen LogP contribution >= 0.6 is 0 Å². The SMILES string of the molecule is NC(=O)c1cc(-c2ccc(S(=O)(=O)N3CC[C@@H](Nc4ccc(C(F)(F)F)cn4)[C@@H](O)C3)cc2)n[nH]1. The number of carbonyl (C=O) groups excluding carboxylic acids is 1. The zero-order valence-electron chi connectivity index (χ0n) is 18.0. The van der Waals surface area contributed by atoms with Crippen molar-refractivity contribution in [3.63, 3.8) is 0 Å². The molecule has 1 fully saturated rings. The molecule has 1 aliphatic heterocycles. The number of nitrogens with one attached hydrogen (secondary N) is 2. The number of β-amino-alcohol motifs (C(OH)–C–C–N with tert-alkyl or cyclic N) is 1. The predicted molar refractivity (Wildman–Crippen MR) is 119 cm³/mol. The summed E-state index contributed by atoms with van der Waals surface area (Å²) in [5.41, 5.74) is 5.40. The Bertz CT molecular complexity index is 1310. The summed E-state index contributed by atoms with van der Waals surface area (Å²) in [6.07, 6.45) is -4.72. The van der Waals surface area contributed by atoms with Crippen molar-refractivity contribution in [1.82, 2.24) is 19.5 Å². The van der Waals surface area contributed by atoms with E-state index in [9.17, 15) is 31.5 Å². The molecule has 0 spiro atoms. The number of nitrogens with zero attached hydrogens (tertiary/aromatic N) is 3. The molecule has 1 aliphatic rings. The number of anilines is 1. The minimum Gasteiger partial charge on any atom is -0.390 e. The van der Waals surface area contributed by atoms with E-state index >= 15 is 0 Å². The second-order valence-electron chi connectivity index (χ2n) is 7.96. The number of aliphatic hydroxyl groups excluding tert-OH is 1. The largest absolute Gasteiger partial charge is 0.417 e. The van der Waals surface area contributed by atoms with Crippen molar-refractivity contribution < 1.29 is 31.5 Å². The lowest BCUT2D eigenvalue weighted by atomic mass is 10.0. The van der Waals surface area contributed by atoms with E-state index in [1.807, 2.05) is 0 Å². The highest BCUT2D eigenvalue weighted by Gasteiger charge is 2.35. The maximum Gasteiger partial charge on any atom is 0.417 e. The minimum absolute atomic E-state index is 0.00919. The van der Waals surface area contributed by atoms with E-state index in [1.54, 1.807) is 0 Å². The molecule has 1 amide bonds. The molecule has 0 aliphatic carbocycles. The first-order chi connectivity index (χ1) is 16.4. The van der Waals surface area contributed by atoms with Crippen LogP contribution in [0.3, 0.4) is 0 Å². The third kappa shape index (κ3) is 5.28. The monoisotopic (exact) mass is 510 g/mol. The molecule has 0 bridgehead atoms. The Labute approximate surface area is 198 Å². The smallest absolute Gasteiger partial charge is 0.390 e. The fourth-order valence-electron chi connectivity index (χ4n) is 3.67. The van der Waals surface area contributed by atoms with Gasteiger partial charge in [0.05, 0.1) is 28.3 Å². The summed E-state index contributed by atoms with van der Waals surface area (Å²) in [4.78, 5) is 14.9. The number of halogens is 3. The van der Waals surface area contributed by atoms with E-state index in [0.717, 1.165) is 16.4 Å². The molecule has 10 nitrogen and oxygen atoms in total. The number of hydrogen-bond acceptors (Lipinski definition) is 7. The van der Waals surface area contributed by atoms with Crippen LogP contribution in [0.1, 0.15) is 22.5 Å². The van der Waals surface area contributed by atoms with Gasteiger partial charge < -0.3 is 16.2 Å². The number of aromatic nitrogens is 3. The molecule has 0 radical (unpaired) electrons. The first-order valence-electron chi connectivity index (χ1n) is 10.4. The van der Waals surface area contributed by atoms with Gasteiger partial charge in [0.25, 0.3) is 5.91 Å². The summed E-state index contributed by atoms with van der Waals surface area (Å²) in [5.74, 6) is -0.527. The topological polar surface area (TPSA) is 154 Å². The molecule has 0 unspecified atom stereocenters. The van der Waals surface area contributed by atoms with Gasteiger partial charge in [-0.2, -0.15) is 22.6 Å². The van der Waals surface area contributed by atoms with Gasteiger partial charge in [-0.15, -0.1) is 0 Å². The standard InChI is InChI=1S/C21H21F3N6O4S/c22-21(23,24)13-3-6-19(26-10-13)27-15-7-8-30(11-18(15)31)35(33,34)14-4-1-12(2-5-14)16-9-17(20(25)32)29-28-16/h1-6,9-10,15,18,31H,7-8,11H2,(H2,25,32)(H,26,27)(H,28,29)/t15-,18+/m1/s1. The second-order valence-corrected chi connectivity index (χ2v) is 9.89. The zero-order chi connectivity index (χ0) is 25.4. The Hall–Kier alpha value is -3.49. The highest BCUT2D eigenvalue weighted by molar-refractivity contribution is 7.89. The molecule has 4 rings (SSSR count). The first kappa shape index (κ1) is 24.6. The van der Waals surface area contributed by atoms with Crippen LogP contribution in [-0.4, -0.2) is 64.2 Å². The maximum atomic E-state index is 13.1. The van der Waals surface area contributed by atoms with Crippen molar-refractivity contribution in [3.8, 4) is 11.3 Å². The molecular weight excluding hydrogens is 489 g/mol. The van der Waals surface area contributed by atoms with Crippen LogP contribution in [0, 0.1) is 0 Å². The van der Waals surface area contributed by atoms with Gasteiger partial charge in [-0.05, 0) is 36.8 Å². The number of benzene rings is 1. The average Bonchev–Trinajstić information content (AvgIpc) is 3.31. The molecular formula is C21H21F3N6O4S. The summed E-state index contributed by atoms with van der Waals surface area (Å²) in [6.45, 7) is -0.121. The fourth-order valence-corrected chi connectivity index (χ4v) is 5.14. The number of H-pyrrole nitrogens is 1. The lowest BCUT2D eigenvalue weighted by Gasteiger charge is -2.35. The highest BCUT2D eigenvalue weighted by Crippen LogP contribution is 2.29. The molecule has 0 saturated carbocycles. The van der Waals surface area contributed by atoms with Crippen molar-refractivity contribution in [3.05, 3.63) is 59.9 Å². The quantitative estimate of drug-likeness (QED) is 0.394. The van der Waals surface area contributed by atoms with Crippen LogP contribution in [0.2, 0.25) is 0 Å². The Kier molecular flexibility index (Phi) is 6.53. The number of carbonyl (C=O) groups is 1. The van der Waals surface area contributed by atoms with Crippen LogP contribution in [-0.2, 0) is 16.2 Å². The van der Waals surface area contributed by atoms with Crippen molar-refractivity contribution in [2.75, 3.05) is 18.4 Å². The molecule has 3 heterocycles. The van der Waals surface area contributed by atoms with Crippen LogP contribution in [0.5, 0.6) is 0 Å². The van der Waals surface area contributed by atoms with E-state index in [0.29, 0.717) is 17.5 Å². The predicted octanol–water partition coefficient (Wildman–Crippen LogP) is 1.83. The van der Waals surface area contributed by atoms with Gasteiger partial charge in [0, 0.05) is 24.8 Å². The van der Waals surface area contributed by atoms with Crippen LogP contribution < -0.4 is 11.1 Å². The third-order valence-electron chi connectivity index (χ3n) is 5.60. The number of nitrogens with two attached hydrogens (primary N) is 1. The molecule has 5 N–H and O–H groups in total. The van der Waals surface area contributed by atoms with Crippen LogP contribution in [0.15, 0.2) is 53.6 Å². The third-order valence-corrected chi connectivity index (χ3v) is 7.48. The summed E-state index contributed by atoms with van der Waals surface area (Å²) in [6, 6.07) is 8.76. The van der Waals surface area contributed by atoms with Crippen molar-refractivity contribution in [2.24, 2.45) is 5.73 Å². The van der Waals surface area contributed by atoms with E-state index in [2.05, 4.69) is 20.5 Å². The number of hydrogen-bond donors (Lipinski definition) is 4. The molecule has 2 atom stereocenters. The van der Waals surface area contributed by atoms with E-state index < -0.39 is 39.8 Å². The summed E-state index contributed by atoms with van der Waals surface area (Å²) in [7, 11) is -3.92. The number of amides is 1. The number of primary amides is 1. The second kappa shape index (κ2) is 9.28. The molecule has 1 aromatic carbocycles. The van der Waals surface area contributed by atoms with E-state index in [4.69, 9.17) is 5.73 Å². The number of alkyl halides is 3. The summed E-state index contributed by atoms with van der Waals surface area (Å²) in [5, 5.41) is 19.8. The fraction of sp³-hybridized carbons (Fsp3) is 0.286. The lowest BCUT2D eigenvalue weighted by molar-refractivity contribution is -0.137. The maximum absolute atomic E-state index is 13.1. The first-order valence-corrected chi connectivity index (χ1v) is 11.8. The number of piperidine rings is 1. The molecule has 1 saturated heterocycles. The van der Waals surface area contributed by atoms with Gasteiger partial charge in [-0.25, -0.2) is 13.4 Å². The van der Waals surface area contributed by atoms with Crippen molar-refractivity contribution in [2.45, 2.75) is 29.6 Å². The van der Waals surface area contributed by atoms with Gasteiger partial charge in [-0.1, -0.05) is 12.1 Å². The lowest BCUT2D eigenvalue weighted by Crippen LogP contribution is -2.51. The van der Waals surface area contributed by atoms with Gasteiger partial charge in [0.15, 0.2) is 0 Å².